The molecule has 176 valence electrons. The minimum atomic E-state index is -0.232. The summed E-state index contributed by atoms with van der Waals surface area (Å²) in [5, 5.41) is 3.46. The van der Waals surface area contributed by atoms with Crippen LogP contribution in [0.1, 0.15) is 29.9 Å². The van der Waals surface area contributed by atoms with Crippen molar-refractivity contribution in [3.8, 4) is 0 Å². The Hall–Kier alpha value is -2.48. The smallest absolute Gasteiger partial charge is 0.244 e. The zero-order chi connectivity index (χ0) is 22.6. The summed E-state index contributed by atoms with van der Waals surface area (Å²) in [4.78, 5) is 24.8. The highest BCUT2D eigenvalue weighted by atomic mass is 16.5. The van der Waals surface area contributed by atoms with E-state index in [0.717, 1.165) is 75.8 Å². The Morgan fingerprint density at radius 1 is 1.03 bits per heavy atom. The van der Waals surface area contributed by atoms with E-state index in [1.54, 1.807) is 0 Å². The molecule has 0 bridgehead atoms. The third-order valence-corrected chi connectivity index (χ3v) is 7.28. The SMILES string of the molecule is CN1CCN(c2ncccc2CC2NCCN(c3ccc(C4CCOCC4)cc3)C2=O)CC1. The second kappa shape index (κ2) is 10.2. The number of hydrogen-bond acceptors (Lipinski definition) is 6. The number of hydrogen-bond donors (Lipinski definition) is 1. The number of anilines is 2. The zero-order valence-electron chi connectivity index (χ0n) is 19.6. The predicted molar refractivity (Wildman–Crippen MR) is 131 cm³/mol. The molecule has 1 aromatic carbocycles. The van der Waals surface area contributed by atoms with E-state index in [-0.39, 0.29) is 11.9 Å². The number of rotatable bonds is 5. The molecular weight excluding hydrogens is 414 g/mol. The highest BCUT2D eigenvalue weighted by molar-refractivity contribution is 5.98. The first-order chi connectivity index (χ1) is 16.2. The van der Waals surface area contributed by atoms with Crippen LogP contribution >= 0.6 is 0 Å². The quantitative estimate of drug-likeness (QED) is 0.756. The molecule has 1 amide bonds. The van der Waals surface area contributed by atoms with E-state index < -0.39 is 0 Å². The number of nitrogens with zero attached hydrogens (tertiary/aromatic N) is 4. The Morgan fingerprint density at radius 3 is 2.55 bits per heavy atom. The normalized spacial score (nSPS) is 23.2. The van der Waals surface area contributed by atoms with Crippen LogP contribution in [0.4, 0.5) is 11.5 Å². The minimum Gasteiger partial charge on any atom is -0.381 e. The molecule has 3 saturated heterocycles. The molecule has 2 aromatic rings. The van der Waals surface area contributed by atoms with Crippen LogP contribution < -0.4 is 15.1 Å². The van der Waals surface area contributed by atoms with E-state index in [9.17, 15) is 4.79 Å². The van der Waals surface area contributed by atoms with Gasteiger partial charge in [-0.2, -0.15) is 0 Å². The van der Waals surface area contributed by atoms with Crippen LogP contribution in [0.2, 0.25) is 0 Å². The molecule has 0 aliphatic carbocycles. The fourth-order valence-corrected chi connectivity index (χ4v) is 5.22. The topological polar surface area (TPSA) is 60.9 Å². The second-order valence-electron chi connectivity index (χ2n) is 9.46. The lowest BCUT2D eigenvalue weighted by Crippen LogP contribution is -2.56. The lowest BCUT2D eigenvalue weighted by molar-refractivity contribution is -0.121. The molecule has 4 heterocycles. The van der Waals surface area contributed by atoms with Crippen molar-refractivity contribution >= 4 is 17.4 Å². The highest BCUT2D eigenvalue weighted by Crippen LogP contribution is 2.29. The maximum absolute atomic E-state index is 13.5. The van der Waals surface area contributed by atoms with Crippen molar-refractivity contribution in [2.24, 2.45) is 0 Å². The van der Waals surface area contributed by atoms with Crippen LogP contribution in [0.3, 0.4) is 0 Å². The number of carbonyl (C=O) groups is 1. The van der Waals surface area contributed by atoms with Gasteiger partial charge in [0.25, 0.3) is 0 Å². The largest absolute Gasteiger partial charge is 0.381 e. The number of likely N-dealkylation sites (N-methyl/N-ethyl adjacent to an activating group) is 1. The summed E-state index contributed by atoms with van der Waals surface area (Å²) in [6.07, 6.45) is 4.67. The van der Waals surface area contributed by atoms with Gasteiger partial charge in [0.2, 0.25) is 5.91 Å². The number of benzene rings is 1. The Labute approximate surface area is 196 Å². The fraction of sp³-hybridized carbons (Fsp3) is 0.538. The van der Waals surface area contributed by atoms with Crippen LogP contribution in [0.25, 0.3) is 0 Å². The van der Waals surface area contributed by atoms with Gasteiger partial charge in [0.15, 0.2) is 0 Å². The predicted octanol–water partition coefficient (Wildman–Crippen LogP) is 2.27. The maximum atomic E-state index is 13.5. The van der Waals surface area contributed by atoms with Crippen LogP contribution in [-0.2, 0) is 16.0 Å². The Morgan fingerprint density at radius 2 is 1.79 bits per heavy atom. The molecule has 5 rings (SSSR count). The van der Waals surface area contributed by atoms with E-state index in [2.05, 4.69) is 52.5 Å². The molecule has 0 radical (unpaired) electrons. The third kappa shape index (κ3) is 5.05. The molecule has 3 aliphatic heterocycles. The first-order valence-corrected chi connectivity index (χ1v) is 12.3. The summed E-state index contributed by atoms with van der Waals surface area (Å²) in [6, 6.07) is 12.5. The maximum Gasteiger partial charge on any atom is 0.244 e. The lowest BCUT2D eigenvalue weighted by Gasteiger charge is -2.36. The molecule has 1 unspecified atom stereocenters. The van der Waals surface area contributed by atoms with Crippen molar-refractivity contribution in [2.45, 2.75) is 31.2 Å². The van der Waals surface area contributed by atoms with Gasteiger partial charge in [0.1, 0.15) is 5.82 Å². The zero-order valence-corrected chi connectivity index (χ0v) is 19.6. The van der Waals surface area contributed by atoms with Crippen LogP contribution in [-0.4, -0.2) is 81.4 Å². The molecular formula is C26H35N5O2. The van der Waals surface area contributed by atoms with E-state index in [0.29, 0.717) is 18.9 Å². The van der Waals surface area contributed by atoms with E-state index in [1.165, 1.54) is 5.56 Å². The van der Waals surface area contributed by atoms with Crippen LogP contribution in [0.5, 0.6) is 0 Å². The average Bonchev–Trinajstić information content (AvgIpc) is 2.87. The van der Waals surface area contributed by atoms with E-state index in [4.69, 9.17) is 9.72 Å². The number of nitrogens with one attached hydrogen (secondary N) is 1. The summed E-state index contributed by atoms with van der Waals surface area (Å²) in [6.45, 7) is 7.19. The number of piperazine rings is 2. The molecule has 3 fully saturated rings. The number of amides is 1. The van der Waals surface area contributed by atoms with E-state index >= 15 is 0 Å². The summed E-state index contributed by atoms with van der Waals surface area (Å²) in [7, 11) is 2.16. The average molecular weight is 450 g/mol. The molecule has 7 heteroatoms. The van der Waals surface area contributed by atoms with Crippen LogP contribution in [0.15, 0.2) is 42.6 Å². The lowest BCUT2D eigenvalue weighted by atomic mass is 9.91. The molecule has 1 N–H and O–H groups in total. The molecule has 7 nitrogen and oxygen atoms in total. The monoisotopic (exact) mass is 449 g/mol. The van der Waals surface area contributed by atoms with Crippen LogP contribution in [0, 0.1) is 0 Å². The van der Waals surface area contributed by atoms with Gasteiger partial charge in [-0.3, -0.25) is 4.79 Å². The molecule has 1 atom stereocenters. The van der Waals surface area contributed by atoms with Crippen molar-refractivity contribution in [3.05, 3.63) is 53.7 Å². The van der Waals surface area contributed by atoms with Crippen molar-refractivity contribution in [1.29, 1.82) is 0 Å². The summed E-state index contributed by atoms with van der Waals surface area (Å²) in [5.74, 6) is 1.74. The standard InChI is InChI=1S/C26H35N5O2/c1-29-13-15-30(16-14-29)25-22(3-2-10-28-25)19-24-26(32)31(12-11-27-24)23-6-4-20(5-7-23)21-8-17-33-18-9-21/h2-7,10,21,24,27H,8-9,11-19H2,1H3. The Balaban J connectivity index is 1.28. The van der Waals surface area contributed by atoms with Gasteiger partial charge in [0.05, 0.1) is 6.04 Å². The van der Waals surface area contributed by atoms with Gasteiger partial charge in [-0.25, -0.2) is 4.98 Å². The van der Waals surface area contributed by atoms with Gasteiger partial charge in [-0.15, -0.1) is 0 Å². The molecule has 0 saturated carbocycles. The molecule has 0 spiro atoms. The third-order valence-electron chi connectivity index (χ3n) is 7.28. The van der Waals surface area contributed by atoms with Crippen molar-refractivity contribution in [3.63, 3.8) is 0 Å². The van der Waals surface area contributed by atoms with E-state index in [1.807, 2.05) is 17.2 Å². The van der Waals surface area contributed by atoms with Gasteiger partial charge in [-0.1, -0.05) is 18.2 Å². The minimum absolute atomic E-state index is 0.147. The first kappa shape index (κ1) is 22.3. The highest BCUT2D eigenvalue weighted by Gasteiger charge is 2.31. The van der Waals surface area contributed by atoms with Crippen molar-refractivity contribution in [1.82, 2.24) is 15.2 Å². The number of ether oxygens (including phenoxy) is 1. The van der Waals surface area contributed by atoms with Gasteiger partial charge in [-0.05, 0) is 55.1 Å². The molecule has 33 heavy (non-hydrogen) atoms. The first-order valence-electron chi connectivity index (χ1n) is 12.3. The van der Waals surface area contributed by atoms with Gasteiger partial charge < -0.3 is 24.8 Å². The van der Waals surface area contributed by atoms with Crippen molar-refractivity contribution in [2.75, 3.05) is 69.3 Å². The molecule has 3 aliphatic rings. The summed E-state index contributed by atoms with van der Waals surface area (Å²) < 4.78 is 5.50. The molecule has 1 aromatic heterocycles. The second-order valence-corrected chi connectivity index (χ2v) is 9.46. The Bertz CT molecular complexity index is 936. The van der Waals surface area contributed by atoms with Crippen molar-refractivity contribution < 1.29 is 9.53 Å². The Kier molecular flexibility index (Phi) is 6.90. The fourth-order valence-electron chi connectivity index (χ4n) is 5.22. The summed E-state index contributed by atoms with van der Waals surface area (Å²) in [5.41, 5.74) is 3.49. The number of carbonyl (C=O) groups excluding carboxylic acids is 1. The summed E-state index contributed by atoms with van der Waals surface area (Å²) >= 11 is 0. The number of pyridine rings is 1. The number of aromatic nitrogens is 1. The van der Waals surface area contributed by atoms with Gasteiger partial charge >= 0.3 is 0 Å². The van der Waals surface area contributed by atoms with Gasteiger partial charge in [0, 0.05) is 70.8 Å².